The lowest BCUT2D eigenvalue weighted by Crippen LogP contribution is -2.52. The molecule has 0 aromatic heterocycles. The number of hydrogen-bond acceptors (Lipinski definition) is 5. The number of anilines is 1. The summed E-state index contributed by atoms with van der Waals surface area (Å²) in [6.45, 7) is 5.93. The Labute approximate surface area is 248 Å². The van der Waals surface area contributed by atoms with Crippen molar-refractivity contribution in [1.29, 1.82) is 0 Å². The van der Waals surface area contributed by atoms with Gasteiger partial charge in [0, 0.05) is 13.1 Å². The summed E-state index contributed by atoms with van der Waals surface area (Å²) in [5.74, 6) is -0.421. The van der Waals surface area contributed by atoms with E-state index >= 15 is 0 Å². The molecule has 3 rings (SSSR count). The van der Waals surface area contributed by atoms with Gasteiger partial charge >= 0.3 is 0 Å². The van der Waals surface area contributed by atoms with Gasteiger partial charge in [-0.2, -0.15) is 0 Å². The quantitative estimate of drug-likeness (QED) is 0.244. The molecule has 0 saturated carbocycles. The molecule has 0 aliphatic heterocycles. The van der Waals surface area contributed by atoms with Crippen LogP contribution in [0.15, 0.2) is 77.7 Å². The van der Waals surface area contributed by atoms with Gasteiger partial charge in [-0.05, 0) is 55.7 Å². The lowest BCUT2D eigenvalue weighted by atomic mass is 10.1. The van der Waals surface area contributed by atoms with Crippen LogP contribution in [-0.2, 0) is 26.2 Å². The fourth-order valence-electron chi connectivity index (χ4n) is 4.37. The first-order valence-electron chi connectivity index (χ1n) is 13.7. The van der Waals surface area contributed by atoms with Crippen molar-refractivity contribution in [3.63, 3.8) is 0 Å². The maximum atomic E-state index is 14.1. The van der Waals surface area contributed by atoms with Crippen LogP contribution >= 0.6 is 11.6 Å². The molecule has 0 aliphatic carbocycles. The molecule has 0 spiro atoms. The van der Waals surface area contributed by atoms with E-state index < -0.39 is 28.5 Å². The van der Waals surface area contributed by atoms with Gasteiger partial charge in [-0.25, -0.2) is 8.42 Å². The molecule has 3 aromatic carbocycles. The highest BCUT2D eigenvalue weighted by Gasteiger charge is 2.33. The maximum absolute atomic E-state index is 14.1. The minimum absolute atomic E-state index is 0.0224. The summed E-state index contributed by atoms with van der Waals surface area (Å²) in [4.78, 5) is 28.8. The maximum Gasteiger partial charge on any atom is 0.264 e. The van der Waals surface area contributed by atoms with E-state index in [4.69, 9.17) is 16.3 Å². The van der Waals surface area contributed by atoms with Crippen LogP contribution in [-0.4, -0.2) is 51.4 Å². The highest BCUT2D eigenvalue weighted by Crippen LogP contribution is 2.32. The molecule has 0 heterocycles. The fourth-order valence-corrected chi connectivity index (χ4v) is 6.05. The van der Waals surface area contributed by atoms with Crippen molar-refractivity contribution in [2.75, 3.05) is 24.5 Å². The SMILES string of the molecule is CCCCNC(=O)[C@H](CC)N(Cc1ccc(C)cc1)C(=O)CN(c1ccc(OC)c(Cl)c1)S(=O)(=O)c1ccccc1. The van der Waals surface area contributed by atoms with Gasteiger partial charge < -0.3 is 15.0 Å². The summed E-state index contributed by atoms with van der Waals surface area (Å²) in [5, 5.41) is 3.13. The third-order valence-electron chi connectivity index (χ3n) is 6.72. The molecule has 1 atom stereocenters. The Kier molecular flexibility index (Phi) is 11.6. The summed E-state index contributed by atoms with van der Waals surface area (Å²) < 4.78 is 34.1. The first-order valence-corrected chi connectivity index (χ1v) is 15.5. The van der Waals surface area contributed by atoms with E-state index in [2.05, 4.69) is 5.32 Å². The first-order chi connectivity index (χ1) is 19.6. The van der Waals surface area contributed by atoms with Crippen LogP contribution in [0.3, 0.4) is 0 Å². The Morgan fingerprint density at radius 3 is 2.27 bits per heavy atom. The first kappa shape index (κ1) is 32.0. The van der Waals surface area contributed by atoms with Crippen molar-refractivity contribution in [2.24, 2.45) is 0 Å². The highest BCUT2D eigenvalue weighted by molar-refractivity contribution is 7.92. The molecule has 0 saturated heterocycles. The Bertz CT molecular complexity index is 1420. The molecule has 10 heteroatoms. The number of carbonyl (C=O) groups is 2. The number of nitrogens with zero attached hydrogens (tertiary/aromatic N) is 2. The molecule has 3 aromatic rings. The van der Waals surface area contributed by atoms with E-state index in [1.54, 1.807) is 24.3 Å². The molecule has 41 heavy (non-hydrogen) atoms. The van der Waals surface area contributed by atoms with Crippen molar-refractivity contribution >= 4 is 39.1 Å². The number of nitrogens with one attached hydrogen (secondary N) is 1. The predicted molar refractivity (Wildman–Crippen MR) is 163 cm³/mol. The number of carbonyl (C=O) groups excluding carboxylic acids is 2. The third-order valence-corrected chi connectivity index (χ3v) is 8.81. The Morgan fingerprint density at radius 1 is 1.00 bits per heavy atom. The van der Waals surface area contributed by atoms with Crippen LogP contribution in [0.5, 0.6) is 5.75 Å². The molecule has 0 bridgehead atoms. The number of methoxy groups -OCH3 is 1. The number of benzene rings is 3. The van der Waals surface area contributed by atoms with E-state index in [1.807, 2.05) is 45.0 Å². The van der Waals surface area contributed by atoms with Crippen LogP contribution < -0.4 is 14.4 Å². The summed E-state index contributed by atoms with van der Waals surface area (Å²) in [5.41, 5.74) is 2.09. The number of ether oxygens (including phenoxy) is 1. The van der Waals surface area contributed by atoms with Crippen molar-refractivity contribution in [2.45, 2.75) is 57.5 Å². The lowest BCUT2D eigenvalue weighted by Gasteiger charge is -2.33. The normalized spacial score (nSPS) is 11.9. The van der Waals surface area contributed by atoms with Crippen LogP contribution in [0.1, 0.15) is 44.2 Å². The molecular formula is C31H38ClN3O5S. The van der Waals surface area contributed by atoms with E-state index in [9.17, 15) is 18.0 Å². The second kappa shape index (κ2) is 14.9. The number of rotatable bonds is 14. The highest BCUT2D eigenvalue weighted by atomic mass is 35.5. The molecule has 1 N–H and O–H groups in total. The monoisotopic (exact) mass is 599 g/mol. The van der Waals surface area contributed by atoms with E-state index in [-0.39, 0.29) is 28.1 Å². The van der Waals surface area contributed by atoms with Crippen LogP contribution in [0.25, 0.3) is 0 Å². The third kappa shape index (κ3) is 8.24. The summed E-state index contributed by atoms with van der Waals surface area (Å²) in [7, 11) is -2.72. The van der Waals surface area contributed by atoms with Crippen molar-refractivity contribution < 1.29 is 22.7 Å². The molecule has 0 aliphatic rings. The molecule has 2 amide bonds. The number of sulfonamides is 1. The number of halogens is 1. The smallest absolute Gasteiger partial charge is 0.264 e. The van der Waals surface area contributed by atoms with Gasteiger partial charge in [-0.1, -0.05) is 79.9 Å². The molecule has 8 nitrogen and oxygen atoms in total. The molecule has 0 fully saturated rings. The number of hydrogen-bond donors (Lipinski definition) is 1. The standard InChI is InChI=1S/C31H38ClN3O5S/c1-5-7-19-33-31(37)28(6-2)34(21-24-15-13-23(3)14-16-24)30(36)22-35(25-17-18-29(40-4)27(32)20-25)41(38,39)26-11-9-8-10-12-26/h8-18,20,28H,5-7,19,21-22H2,1-4H3,(H,33,37)/t28-/m0/s1. The number of amides is 2. The van der Waals surface area contributed by atoms with Gasteiger partial charge in [0.2, 0.25) is 11.8 Å². The van der Waals surface area contributed by atoms with Crippen molar-refractivity contribution in [3.8, 4) is 5.75 Å². The largest absolute Gasteiger partial charge is 0.495 e. The van der Waals surface area contributed by atoms with Crippen LogP contribution in [0.4, 0.5) is 5.69 Å². The van der Waals surface area contributed by atoms with E-state index in [1.165, 1.54) is 36.3 Å². The summed E-state index contributed by atoms with van der Waals surface area (Å²) in [6, 6.07) is 19.3. The summed E-state index contributed by atoms with van der Waals surface area (Å²) >= 11 is 6.37. The van der Waals surface area contributed by atoms with Crippen molar-refractivity contribution in [1.82, 2.24) is 10.2 Å². The molecule has 0 unspecified atom stereocenters. The zero-order valence-electron chi connectivity index (χ0n) is 24.0. The second-order valence-corrected chi connectivity index (χ2v) is 12.0. The zero-order chi connectivity index (χ0) is 30.0. The Morgan fingerprint density at radius 2 is 1.68 bits per heavy atom. The molecule has 220 valence electrons. The average molecular weight is 600 g/mol. The second-order valence-electron chi connectivity index (χ2n) is 9.72. The van der Waals surface area contributed by atoms with Gasteiger partial charge in [0.05, 0.1) is 22.7 Å². The lowest BCUT2D eigenvalue weighted by molar-refractivity contribution is -0.140. The van der Waals surface area contributed by atoms with E-state index in [0.29, 0.717) is 18.7 Å². The minimum atomic E-state index is -4.18. The van der Waals surface area contributed by atoms with Crippen LogP contribution in [0.2, 0.25) is 5.02 Å². The summed E-state index contributed by atoms with van der Waals surface area (Å²) in [6.07, 6.45) is 2.09. The zero-order valence-corrected chi connectivity index (χ0v) is 25.5. The van der Waals surface area contributed by atoms with Crippen LogP contribution in [0, 0.1) is 6.92 Å². The number of unbranched alkanes of at least 4 members (excludes halogenated alkanes) is 1. The number of aryl methyl sites for hydroxylation is 1. The fraction of sp³-hybridized carbons (Fsp3) is 0.355. The van der Waals surface area contributed by atoms with Crippen molar-refractivity contribution in [3.05, 3.63) is 88.9 Å². The molecule has 0 radical (unpaired) electrons. The van der Waals surface area contributed by atoms with Gasteiger partial charge in [0.25, 0.3) is 10.0 Å². The van der Waals surface area contributed by atoms with Gasteiger partial charge in [-0.3, -0.25) is 13.9 Å². The Hall–Kier alpha value is -3.56. The van der Waals surface area contributed by atoms with Gasteiger partial charge in [0.15, 0.2) is 0 Å². The molecular weight excluding hydrogens is 562 g/mol. The Balaban J connectivity index is 2.05. The average Bonchev–Trinajstić information content (AvgIpc) is 2.97. The van der Waals surface area contributed by atoms with E-state index in [0.717, 1.165) is 28.3 Å². The van der Waals surface area contributed by atoms with Gasteiger partial charge in [-0.15, -0.1) is 0 Å². The van der Waals surface area contributed by atoms with Gasteiger partial charge in [0.1, 0.15) is 18.3 Å². The predicted octanol–water partition coefficient (Wildman–Crippen LogP) is 5.58. The topological polar surface area (TPSA) is 96.0 Å². The minimum Gasteiger partial charge on any atom is -0.495 e.